The van der Waals surface area contributed by atoms with Crippen molar-refractivity contribution in [1.29, 1.82) is 0 Å². The van der Waals surface area contributed by atoms with Crippen LogP contribution in [0, 0.1) is 0 Å². The zero-order chi connectivity index (χ0) is 22.4. The first-order chi connectivity index (χ1) is 15.0. The molecule has 0 radical (unpaired) electrons. The number of esters is 1. The maximum absolute atomic E-state index is 13.0. The molecule has 0 unspecified atom stereocenters. The molecule has 0 saturated carbocycles. The van der Waals surface area contributed by atoms with Gasteiger partial charge in [-0.1, -0.05) is 43.3 Å². The molecule has 1 amide bonds. The highest BCUT2D eigenvalue weighted by atomic mass is 16.5. The number of methoxy groups -OCH3 is 2. The van der Waals surface area contributed by atoms with Crippen molar-refractivity contribution in [3.05, 3.63) is 76.5 Å². The third-order valence-corrected chi connectivity index (χ3v) is 5.08. The summed E-state index contributed by atoms with van der Waals surface area (Å²) in [4.78, 5) is 27.0. The molecule has 1 heterocycles. The number of hydrogen-bond donors (Lipinski definition) is 0. The second kappa shape index (κ2) is 9.98. The molecule has 2 aromatic carbocycles. The predicted octanol–water partition coefficient (Wildman–Crippen LogP) is 4.36. The Morgan fingerprint density at radius 2 is 1.81 bits per heavy atom. The van der Waals surface area contributed by atoms with Crippen molar-refractivity contribution in [2.45, 2.75) is 26.9 Å². The van der Waals surface area contributed by atoms with Crippen LogP contribution in [0.3, 0.4) is 0 Å². The Morgan fingerprint density at radius 3 is 2.45 bits per heavy atom. The molecule has 0 aliphatic carbocycles. The molecule has 6 heteroatoms. The first kappa shape index (κ1) is 22.2. The van der Waals surface area contributed by atoms with Gasteiger partial charge >= 0.3 is 5.97 Å². The lowest BCUT2D eigenvalue weighted by Crippen LogP contribution is -2.25. The predicted molar refractivity (Wildman–Crippen MR) is 118 cm³/mol. The summed E-state index contributed by atoms with van der Waals surface area (Å²) in [7, 11) is 2.88. The van der Waals surface area contributed by atoms with Crippen LogP contribution in [0.5, 0.6) is 11.5 Å². The lowest BCUT2D eigenvalue weighted by molar-refractivity contribution is -0.136. The average molecular weight is 421 g/mol. The van der Waals surface area contributed by atoms with Gasteiger partial charge in [0.25, 0.3) is 5.91 Å². The van der Waals surface area contributed by atoms with Crippen LogP contribution in [0.2, 0.25) is 0 Å². The van der Waals surface area contributed by atoms with Crippen molar-refractivity contribution < 1.29 is 23.8 Å². The van der Waals surface area contributed by atoms with E-state index in [0.717, 1.165) is 17.5 Å². The monoisotopic (exact) mass is 421 g/mol. The van der Waals surface area contributed by atoms with Gasteiger partial charge in [0.05, 0.1) is 25.4 Å². The molecule has 1 aliphatic heterocycles. The topological polar surface area (TPSA) is 65.1 Å². The van der Waals surface area contributed by atoms with Gasteiger partial charge in [-0.05, 0) is 42.7 Å². The van der Waals surface area contributed by atoms with Gasteiger partial charge in [-0.25, -0.2) is 4.79 Å². The standard InChI is InChI=1S/C25H27NO5/c1-5-13-26-17(2)23(25(28)30-4)20(24(26)27)14-19-11-12-21(22(15-19)29-3)31-16-18-9-7-6-8-10-18/h6-12,14-15H,5,13,16H2,1-4H3/b20-14-. The number of carbonyl (C=O) groups is 2. The molecule has 31 heavy (non-hydrogen) atoms. The fourth-order valence-electron chi connectivity index (χ4n) is 3.52. The SMILES string of the molecule is CCCN1C(=O)/C(=C\c2ccc(OCc3ccccc3)c(OC)c2)C(C(=O)OC)=C1C. The molecule has 3 rings (SSSR count). The summed E-state index contributed by atoms with van der Waals surface area (Å²) in [5, 5.41) is 0. The van der Waals surface area contributed by atoms with Crippen LogP contribution in [-0.2, 0) is 20.9 Å². The number of carbonyl (C=O) groups excluding carboxylic acids is 2. The van der Waals surface area contributed by atoms with E-state index in [1.165, 1.54) is 7.11 Å². The van der Waals surface area contributed by atoms with Crippen molar-refractivity contribution >= 4 is 18.0 Å². The summed E-state index contributed by atoms with van der Waals surface area (Å²) in [5.41, 5.74) is 2.99. The van der Waals surface area contributed by atoms with Crippen LogP contribution in [-0.4, -0.2) is 37.5 Å². The molecule has 0 N–H and O–H groups in total. The summed E-state index contributed by atoms with van der Waals surface area (Å²) in [6.45, 7) is 4.70. The first-order valence-corrected chi connectivity index (χ1v) is 10.2. The highest BCUT2D eigenvalue weighted by Gasteiger charge is 2.36. The number of nitrogens with zero attached hydrogens (tertiary/aromatic N) is 1. The quantitative estimate of drug-likeness (QED) is 0.468. The van der Waals surface area contributed by atoms with E-state index in [1.807, 2.05) is 43.3 Å². The molecular weight excluding hydrogens is 394 g/mol. The van der Waals surface area contributed by atoms with E-state index in [4.69, 9.17) is 14.2 Å². The van der Waals surface area contributed by atoms with Crippen molar-refractivity contribution in [3.63, 3.8) is 0 Å². The van der Waals surface area contributed by atoms with E-state index in [0.29, 0.717) is 41.5 Å². The number of allylic oxidation sites excluding steroid dienone is 1. The molecule has 0 fully saturated rings. The Hall–Kier alpha value is -3.54. The molecule has 2 aromatic rings. The smallest absolute Gasteiger partial charge is 0.340 e. The molecule has 0 spiro atoms. The largest absolute Gasteiger partial charge is 0.493 e. The van der Waals surface area contributed by atoms with Gasteiger partial charge in [-0.3, -0.25) is 4.79 Å². The maximum atomic E-state index is 13.0. The number of amides is 1. The first-order valence-electron chi connectivity index (χ1n) is 10.2. The average Bonchev–Trinajstić information content (AvgIpc) is 3.02. The number of hydrogen-bond acceptors (Lipinski definition) is 5. The van der Waals surface area contributed by atoms with E-state index in [1.54, 1.807) is 37.1 Å². The fourth-order valence-corrected chi connectivity index (χ4v) is 3.52. The molecule has 0 bridgehead atoms. The summed E-state index contributed by atoms with van der Waals surface area (Å²) in [6.07, 6.45) is 2.48. The van der Waals surface area contributed by atoms with Gasteiger partial charge in [-0.2, -0.15) is 0 Å². The lowest BCUT2D eigenvalue weighted by Gasteiger charge is -2.16. The minimum Gasteiger partial charge on any atom is -0.493 e. The summed E-state index contributed by atoms with van der Waals surface area (Å²) in [5.74, 6) is 0.411. The van der Waals surface area contributed by atoms with Gasteiger partial charge in [-0.15, -0.1) is 0 Å². The van der Waals surface area contributed by atoms with Crippen LogP contribution in [0.1, 0.15) is 31.4 Å². The number of benzene rings is 2. The van der Waals surface area contributed by atoms with E-state index in [-0.39, 0.29) is 5.91 Å². The molecule has 6 nitrogen and oxygen atoms in total. The third kappa shape index (κ3) is 4.79. The van der Waals surface area contributed by atoms with Gasteiger partial charge in [0.1, 0.15) is 6.61 Å². The number of ether oxygens (including phenoxy) is 3. The second-order valence-corrected chi connectivity index (χ2v) is 7.15. The van der Waals surface area contributed by atoms with Crippen LogP contribution >= 0.6 is 0 Å². The Kier molecular flexibility index (Phi) is 7.13. The van der Waals surface area contributed by atoms with E-state index >= 15 is 0 Å². The molecule has 0 saturated heterocycles. The highest BCUT2D eigenvalue weighted by molar-refractivity contribution is 6.16. The van der Waals surface area contributed by atoms with Crippen LogP contribution in [0.4, 0.5) is 0 Å². The van der Waals surface area contributed by atoms with E-state index in [2.05, 4.69) is 0 Å². The Morgan fingerprint density at radius 1 is 1.06 bits per heavy atom. The highest BCUT2D eigenvalue weighted by Crippen LogP contribution is 2.34. The van der Waals surface area contributed by atoms with E-state index < -0.39 is 5.97 Å². The Balaban J connectivity index is 1.91. The van der Waals surface area contributed by atoms with Crippen molar-refractivity contribution in [2.24, 2.45) is 0 Å². The molecular formula is C25H27NO5. The van der Waals surface area contributed by atoms with E-state index in [9.17, 15) is 9.59 Å². The van der Waals surface area contributed by atoms with Gasteiger partial charge < -0.3 is 19.1 Å². The summed E-state index contributed by atoms with van der Waals surface area (Å²) < 4.78 is 16.3. The maximum Gasteiger partial charge on any atom is 0.340 e. The van der Waals surface area contributed by atoms with Gasteiger partial charge in [0.15, 0.2) is 11.5 Å². The molecule has 162 valence electrons. The minimum absolute atomic E-state index is 0.205. The lowest BCUT2D eigenvalue weighted by atomic mass is 10.0. The molecule has 0 atom stereocenters. The fraction of sp³-hybridized carbons (Fsp3) is 0.280. The zero-order valence-corrected chi connectivity index (χ0v) is 18.3. The van der Waals surface area contributed by atoms with Crippen molar-refractivity contribution in [2.75, 3.05) is 20.8 Å². The van der Waals surface area contributed by atoms with Crippen LogP contribution < -0.4 is 9.47 Å². The van der Waals surface area contributed by atoms with Crippen LogP contribution in [0.15, 0.2) is 65.4 Å². The minimum atomic E-state index is -0.523. The summed E-state index contributed by atoms with van der Waals surface area (Å²) in [6, 6.07) is 15.3. The zero-order valence-electron chi connectivity index (χ0n) is 18.3. The molecule has 1 aliphatic rings. The number of rotatable bonds is 8. The van der Waals surface area contributed by atoms with Crippen molar-refractivity contribution in [1.82, 2.24) is 4.90 Å². The molecule has 0 aromatic heterocycles. The van der Waals surface area contributed by atoms with Crippen LogP contribution in [0.25, 0.3) is 6.08 Å². The van der Waals surface area contributed by atoms with Gasteiger partial charge in [0, 0.05) is 12.2 Å². The van der Waals surface area contributed by atoms with Crippen molar-refractivity contribution in [3.8, 4) is 11.5 Å². The summed E-state index contributed by atoms with van der Waals surface area (Å²) >= 11 is 0. The normalized spacial score (nSPS) is 14.9. The Bertz CT molecular complexity index is 1020. The third-order valence-electron chi connectivity index (χ3n) is 5.08. The van der Waals surface area contributed by atoms with Gasteiger partial charge in [0.2, 0.25) is 0 Å². The Labute approximate surface area is 182 Å². The second-order valence-electron chi connectivity index (χ2n) is 7.15.